The van der Waals surface area contributed by atoms with Crippen LogP contribution in [-0.4, -0.2) is 5.16 Å². The molecule has 1 heterocycles. The largest absolute Gasteiger partial charge is 0.367 e. The van der Waals surface area contributed by atoms with Crippen molar-refractivity contribution in [3.63, 3.8) is 0 Å². The third kappa shape index (κ3) is 1.61. The van der Waals surface area contributed by atoms with Gasteiger partial charge >= 0.3 is 0 Å². The number of anilines is 1. The predicted octanol–water partition coefficient (Wildman–Crippen LogP) is 2.85. The zero-order valence-corrected chi connectivity index (χ0v) is 9.16. The molecule has 1 aromatic heterocycles. The van der Waals surface area contributed by atoms with E-state index in [1.54, 1.807) is 6.20 Å². The molecule has 0 radical (unpaired) electrons. The molecule has 3 nitrogen and oxygen atoms in total. The van der Waals surface area contributed by atoms with Gasteiger partial charge in [-0.3, -0.25) is 0 Å². The topological polar surface area (TPSA) is 52.0 Å². The summed E-state index contributed by atoms with van der Waals surface area (Å²) in [5.41, 5.74) is 11.4. The van der Waals surface area contributed by atoms with Crippen molar-refractivity contribution in [2.24, 2.45) is 0 Å². The van der Waals surface area contributed by atoms with Crippen LogP contribution in [0.4, 0.5) is 5.88 Å². The second-order valence-electron chi connectivity index (χ2n) is 3.84. The SMILES string of the molecule is Cc1cc(-c2cnoc2N)cc(C)c1C. The Morgan fingerprint density at radius 2 is 1.73 bits per heavy atom. The van der Waals surface area contributed by atoms with Crippen molar-refractivity contribution in [2.75, 3.05) is 5.73 Å². The molecule has 3 heteroatoms. The minimum absolute atomic E-state index is 0.373. The van der Waals surface area contributed by atoms with E-state index in [1.165, 1.54) is 16.7 Å². The number of nitrogens with zero attached hydrogens (tertiary/aromatic N) is 1. The average Bonchev–Trinajstić information content (AvgIpc) is 2.60. The Morgan fingerprint density at radius 1 is 1.13 bits per heavy atom. The highest BCUT2D eigenvalue weighted by Gasteiger charge is 2.09. The Bertz CT molecular complexity index is 477. The molecule has 0 aliphatic carbocycles. The number of aryl methyl sites for hydroxylation is 2. The Morgan fingerprint density at radius 3 is 2.20 bits per heavy atom. The number of aromatic nitrogens is 1. The summed E-state index contributed by atoms with van der Waals surface area (Å²) < 4.78 is 4.86. The molecule has 1 aromatic carbocycles. The summed E-state index contributed by atoms with van der Waals surface area (Å²) in [5.74, 6) is 0.373. The molecular weight excluding hydrogens is 188 g/mol. The maximum atomic E-state index is 5.68. The van der Waals surface area contributed by atoms with Gasteiger partial charge in [-0.15, -0.1) is 0 Å². The van der Waals surface area contributed by atoms with Gasteiger partial charge in [-0.25, -0.2) is 0 Å². The van der Waals surface area contributed by atoms with Crippen LogP contribution in [0.1, 0.15) is 16.7 Å². The summed E-state index contributed by atoms with van der Waals surface area (Å²) in [5, 5.41) is 3.68. The van der Waals surface area contributed by atoms with Gasteiger partial charge in [-0.2, -0.15) is 0 Å². The molecule has 0 bridgehead atoms. The lowest BCUT2D eigenvalue weighted by Crippen LogP contribution is -1.90. The number of nitrogens with two attached hydrogens (primary N) is 1. The Kier molecular flexibility index (Phi) is 2.23. The van der Waals surface area contributed by atoms with Gasteiger partial charge in [0.15, 0.2) is 0 Å². The van der Waals surface area contributed by atoms with E-state index in [1.807, 2.05) is 0 Å². The highest BCUT2D eigenvalue weighted by Crippen LogP contribution is 2.28. The first kappa shape index (κ1) is 9.77. The van der Waals surface area contributed by atoms with Crippen LogP contribution in [0, 0.1) is 20.8 Å². The van der Waals surface area contributed by atoms with Gasteiger partial charge in [-0.1, -0.05) is 17.3 Å². The minimum Gasteiger partial charge on any atom is -0.367 e. The summed E-state index contributed by atoms with van der Waals surface area (Å²) in [7, 11) is 0. The van der Waals surface area contributed by atoms with Gasteiger partial charge in [0.05, 0.1) is 11.8 Å². The maximum absolute atomic E-state index is 5.68. The van der Waals surface area contributed by atoms with Gasteiger partial charge in [0.2, 0.25) is 5.88 Å². The Labute approximate surface area is 88.9 Å². The summed E-state index contributed by atoms with van der Waals surface area (Å²) >= 11 is 0. The summed E-state index contributed by atoms with van der Waals surface area (Å²) in [4.78, 5) is 0. The van der Waals surface area contributed by atoms with E-state index in [9.17, 15) is 0 Å². The number of hydrogen-bond acceptors (Lipinski definition) is 3. The van der Waals surface area contributed by atoms with Gasteiger partial charge in [0.1, 0.15) is 0 Å². The van der Waals surface area contributed by atoms with E-state index in [-0.39, 0.29) is 0 Å². The van der Waals surface area contributed by atoms with Crippen molar-refractivity contribution >= 4 is 5.88 Å². The number of benzene rings is 1. The van der Waals surface area contributed by atoms with Crippen LogP contribution in [0.3, 0.4) is 0 Å². The summed E-state index contributed by atoms with van der Waals surface area (Å²) in [6.45, 7) is 6.30. The molecule has 15 heavy (non-hydrogen) atoms. The van der Waals surface area contributed by atoms with Crippen LogP contribution in [0.15, 0.2) is 22.9 Å². The normalized spacial score (nSPS) is 10.6. The highest BCUT2D eigenvalue weighted by atomic mass is 16.5. The van der Waals surface area contributed by atoms with E-state index < -0.39 is 0 Å². The number of rotatable bonds is 1. The molecule has 0 saturated carbocycles. The fraction of sp³-hybridized carbons (Fsp3) is 0.250. The lowest BCUT2D eigenvalue weighted by atomic mass is 9.98. The Balaban J connectivity index is 2.60. The molecule has 0 spiro atoms. The summed E-state index contributed by atoms with van der Waals surface area (Å²) in [6, 6.07) is 4.20. The van der Waals surface area contributed by atoms with Crippen molar-refractivity contribution in [3.8, 4) is 11.1 Å². The number of nitrogen functional groups attached to an aromatic ring is 1. The van der Waals surface area contributed by atoms with Gasteiger partial charge in [0.25, 0.3) is 0 Å². The van der Waals surface area contributed by atoms with E-state index in [2.05, 4.69) is 38.1 Å². The van der Waals surface area contributed by atoms with Gasteiger partial charge < -0.3 is 10.3 Å². The lowest BCUT2D eigenvalue weighted by Gasteiger charge is -2.07. The van der Waals surface area contributed by atoms with Crippen molar-refractivity contribution in [3.05, 3.63) is 35.0 Å². The van der Waals surface area contributed by atoms with Crippen LogP contribution in [0.2, 0.25) is 0 Å². The fourth-order valence-corrected chi connectivity index (χ4v) is 1.66. The zero-order chi connectivity index (χ0) is 11.0. The van der Waals surface area contributed by atoms with E-state index in [4.69, 9.17) is 10.3 Å². The van der Waals surface area contributed by atoms with Crippen molar-refractivity contribution < 1.29 is 4.52 Å². The smallest absolute Gasteiger partial charge is 0.229 e. The average molecular weight is 202 g/mol. The monoisotopic (exact) mass is 202 g/mol. The standard InChI is InChI=1S/C12H14N2O/c1-7-4-10(5-8(2)9(7)3)11-6-14-15-12(11)13/h4-6H,13H2,1-3H3. The fourth-order valence-electron chi connectivity index (χ4n) is 1.66. The van der Waals surface area contributed by atoms with Crippen LogP contribution in [-0.2, 0) is 0 Å². The highest BCUT2D eigenvalue weighted by molar-refractivity contribution is 5.73. The van der Waals surface area contributed by atoms with Crippen LogP contribution in [0.25, 0.3) is 11.1 Å². The molecule has 0 amide bonds. The van der Waals surface area contributed by atoms with Crippen molar-refractivity contribution in [1.82, 2.24) is 5.16 Å². The van der Waals surface area contributed by atoms with Gasteiger partial charge in [0, 0.05) is 0 Å². The molecule has 0 aliphatic heterocycles. The molecule has 0 aliphatic rings. The first-order valence-electron chi connectivity index (χ1n) is 4.88. The summed E-state index contributed by atoms with van der Waals surface area (Å²) in [6.07, 6.45) is 1.65. The number of hydrogen-bond donors (Lipinski definition) is 1. The van der Waals surface area contributed by atoms with Gasteiger partial charge in [-0.05, 0) is 43.0 Å². The van der Waals surface area contributed by atoms with Crippen molar-refractivity contribution in [2.45, 2.75) is 20.8 Å². The first-order valence-corrected chi connectivity index (χ1v) is 4.88. The molecule has 0 saturated heterocycles. The molecule has 2 rings (SSSR count). The predicted molar refractivity (Wildman–Crippen MR) is 60.6 cm³/mol. The molecule has 0 atom stereocenters. The molecule has 78 valence electrons. The molecular formula is C12H14N2O. The second kappa shape index (κ2) is 3.42. The third-order valence-corrected chi connectivity index (χ3v) is 2.84. The van der Waals surface area contributed by atoms with E-state index in [0.29, 0.717) is 5.88 Å². The zero-order valence-electron chi connectivity index (χ0n) is 9.16. The van der Waals surface area contributed by atoms with Crippen LogP contribution >= 0.6 is 0 Å². The molecule has 2 N–H and O–H groups in total. The quantitative estimate of drug-likeness (QED) is 0.773. The van der Waals surface area contributed by atoms with E-state index in [0.717, 1.165) is 11.1 Å². The lowest BCUT2D eigenvalue weighted by molar-refractivity contribution is 0.436. The van der Waals surface area contributed by atoms with Crippen LogP contribution in [0.5, 0.6) is 0 Å². The maximum Gasteiger partial charge on any atom is 0.229 e. The van der Waals surface area contributed by atoms with E-state index >= 15 is 0 Å². The molecule has 0 unspecified atom stereocenters. The van der Waals surface area contributed by atoms with Crippen molar-refractivity contribution in [1.29, 1.82) is 0 Å². The first-order chi connectivity index (χ1) is 7.09. The molecule has 2 aromatic rings. The van der Waals surface area contributed by atoms with Crippen LogP contribution < -0.4 is 5.73 Å². The third-order valence-electron chi connectivity index (χ3n) is 2.84. The Hall–Kier alpha value is -1.77. The minimum atomic E-state index is 0.373. The second-order valence-corrected chi connectivity index (χ2v) is 3.84. The molecule has 0 fully saturated rings.